The van der Waals surface area contributed by atoms with Gasteiger partial charge in [0.25, 0.3) is 0 Å². The lowest BCUT2D eigenvalue weighted by atomic mass is 10.0. The predicted octanol–water partition coefficient (Wildman–Crippen LogP) is 3.47. The molecular weight excluding hydrogens is 346 g/mol. The van der Waals surface area contributed by atoms with Gasteiger partial charge in [-0.05, 0) is 36.2 Å². The monoisotopic (exact) mass is 369 g/mol. The van der Waals surface area contributed by atoms with Crippen LogP contribution >= 0.6 is 0 Å². The highest BCUT2D eigenvalue weighted by Crippen LogP contribution is 2.35. The Hall–Kier alpha value is -2.80. The molecule has 0 bridgehead atoms. The lowest BCUT2D eigenvalue weighted by Gasteiger charge is -2.28. The Bertz CT molecular complexity index is 840. The van der Waals surface area contributed by atoms with Crippen LogP contribution in [0, 0.1) is 17.7 Å². The number of aryl methyl sites for hydroxylation is 1. The predicted molar refractivity (Wildman–Crippen MR) is 103 cm³/mol. The Morgan fingerprint density at radius 2 is 2.04 bits per heavy atom. The maximum atomic E-state index is 12.1. The summed E-state index contributed by atoms with van der Waals surface area (Å²) in [6, 6.07) is 11.1. The van der Waals surface area contributed by atoms with Crippen LogP contribution in [0.4, 0.5) is 11.5 Å². The number of hydrogen-bond acceptors (Lipinski definition) is 7. The molecule has 0 amide bonds. The average Bonchev–Trinajstić information content (AvgIpc) is 3.11. The first kappa shape index (κ1) is 19.0. The number of pyridine rings is 1. The summed E-state index contributed by atoms with van der Waals surface area (Å²) in [7, 11) is 3.02. The minimum atomic E-state index is -0.258. The average molecular weight is 369 g/mol. The molecule has 7 heteroatoms. The van der Waals surface area contributed by atoms with E-state index >= 15 is 0 Å². The van der Waals surface area contributed by atoms with Crippen molar-refractivity contribution in [2.24, 2.45) is 11.1 Å². The molecule has 0 N–H and O–H groups in total. The molecule has 0 spiro atoms. The van der Waals surface area contributed by atoms with Gasteiger partial charge in [0.2, 0.25) is 0 Å². The number of ether oxygens (including phenoxy) is 2. The Labute approximate surface area is 158 Å². The van der Waals surface area contributed by atoms with Crippen LogP contribution in [0.1, 0.15) is 12.0 Å². The van der Waals surface area contributed by atoms with Gasteiger partial charge >= 0.3 is 5.97 Å². The second kappa shape index (κ2) is 8.26. The summed E-state index contributed by atoms with van der Waals surface area (Å²) in [5, 5.41) is 3.18. The lowest BCUT2D eigenvalue weighted by molar-refractivity contribution is -0.146. The first-order chi connectivity index (χ1) is 13.1. The zero-order valence-electron chi connectivity index (χ0n) is 15.7. The van der Waals surface area contributed by atoms with E-state index in [-0.39, 0.29) is 17.9 Å². The van der Waals surface area contributed by atoms with Crippen molar-refractivity contribution in [3.05, 3.63) is 46.9 Å². The van der Waals surface area contributed by atoms with Crippen molar-refractivity contribution < 1.29 is 14.3 Å². The van der Waals surface area contributed by atoms with Crippen molar-refractivity contribution in [2.75, 3.05) is 32.3 Å². The molecule has 1 fully saturated rings. The molecule has 3 rings (SSSR count). The van der Waals surface area contributed by atoms with Gasteiger partial charge in [0.1, 0.15) is 11.5 Å². The van der Waals surface area contributed by atoms with Crippen LogP contribution in [-0.2, 0) is 14.3 Å². The Balaban J connectivity index is 1.97. The number of nitrogens with zero attached hydrogens (tertiary/aromatic N) is 3. The number of methoxy groups -OCH3 is 2. The second-order valence-electron chi connectivity index (χ2n) is 6.58. The molecule has 2 heterocycles. The van der Waals surface area contributed by atoms with Gasteiger partial charge in [0, 0.05) is 19.2 Å². The maximum absolute atomic E-state index is 12.1. The van der Waals surface area contributed by atoms with Crippen LogP contribution in [0.2, 0.25) is 0 Å². The van der Waals surface area contributed by atoms with Crippen LogP contribution in [0.5, 0.6) is 0 Å². The zero-order valence-corrected chi connectivity index (χ0v) is 15.7. The molecule has 2 atom stereocenters. The van der Waals surface area contributed by atoms with Crippen molar-refractivity contribution in [1.82, 2.24) is 4.98 Å². The number of aromatic nitrogens is 1. The van der Waals surface area contributed by atoms with Crippen LogP contribution in [0.15, 0.2) is 41.6 Å². The Morgan fingerprint density at radius 3 is 2.74 bits per heavy atom. The molecule has 7 nitrogen and oxygen atoms in total. The number of hydrogen-bond donors (Lipinski definition) is 0. The summed E-state index contributed by atoms with van der Waals surface area (Å²) in [4.78, 5) is 30.2. The fourth-order valence-electron chi connectivity index (χ4n) is 3.66. The molecule has 1 aliphatic rings. The van der Waals surface area contributed by atoms with Crippen LogP contribution < -0.4 is 4.90 Å². The highest BCUT2D eigenvalue weighted by atomic mass is 16.5. The number of anilines is 1. The molecular formula is C20H23N3O4. The molecule has 0 radical (unpaired) electrons. The van der Waals surface area contributed by atoms with Crippen LogP contribution in [0.3, 0.4) is 0 Å². The number of nitroso groups, excluding NO2 is 1. The van der Waals surface area contributed by atoms with Crippen molar-refractivity contribution in [3.63, 3.8) is 0 Å². The van der Waals surface area contributed by atoms with Gasteiger partial charge in [-0.25, -0.2) is 4.98 Å². The third-order valence-corrected chi connectivity index (χ3v) is 5.02. The highest BCUT2D eigenvalue weighted by Gasteiger charge is 2.40. The van der Waals surface area contributed by atoms with Crippen LogP contribution in [-0.4, -0.2) is 44.4 Å². The van der Waals surface area contributed by atoms with E-state index < -0.39 is 0 Å². The van der Waals surface area contributed by atoms with E-state index in [9.17, 15) is 9.70 Å². The maximum Gasteiger partial charge on any atom is 0.310 e. The summed E-state index contributed by atoms with van der Waals surface area (Å²) in [6.07, 6.45) is 0.679. The Kier molecular flexibility index (Phi) is 5.81. The van der Waals surface area contributed by atoms with E-state index in [4.69, 9.17) is 14.5 Å². The van der Waals surface area contributed by atoms with Crippen LogP contribution in [0.25, 0.3) is 11.3 Å². The Morgan fingerprint density at radius 1 is 1.26 bits per heavy atom. The number of carbonyl (C=O) groups excluding carboxylic acids is 1. The van der Waals surface area contributed by atoms with E-state index in [0.29, 0.717) is 36.5 Å². The van der Waals surface area contributed by atoms with Gasteiger partial charge in [0.05, 0.1) is 31.4 Å². The molecule has 0 saturated carbocycles. The van der Waals surface area contributed by atoms with Crippen molar-refractivity contribution in [3.8, 4) is 11.3 Å². The van der Waals surface area contributed by atoms with Crippen molar-refractivity contribution in [2.45, 2.75) is 19.4 Å². The smallest absolute Gasteiger partial charge is 0.310 e. The largest absolute Gasteiger partial charge is 0.469 e. The van der Waals surface area contributed by atoms with Gasteiger partial charge in [-0.2, -0.15) is 0 Å². The molecule has 1 saturated heterocycles. The standard InChI is InChI=1S/C20H23N3O4/c1-13-6-4-7-14(19(13)22-25)16-8-5-9-18(21-16)23-11-10-15(20(24)27-3)17(23)12-26-2/h4-9,15,17H,10-12H2,1-3H3/t15-,17-/m1/s1. The van der Waals surface area contributed by atoms with E-state index in [2.05, 4.69) is 10.1 Å². The minimum Gasteiger partial charge on any atom is -0.469 e. The molecule has 142 valence electrons. The third kappa shape index (κ3) is 3.68. The quantitative estimate of drug-likeness (QED) is 0.573. The lowest BCUT2D eigenvalue weighted by Crippen LogP contribution is -2.40. The molecule has 1 aromatic heterocycles. The highest BCUT2D eigenvalue weighted by molar-refractivity contribution is 5.77. The van der Waals surface area contributed by atoms with Gasteiger partial charge in [0.15, 0.2) is 0 Å². The second-order valence-corrected chi connectivity index (χ2v) is 6.58. The first-order valence-corrected chi connectivity index (χ1v) is 8.84. The number of benzene rings is 1. The fourth-order valence-corrected chi connectivity index (χ4v) is 3.66. The van der Waals surface area contributed by atoms with Gasteiger partial charge in [-0.3, -0.25) is 4.79 Å². The minimum absolute atomic E-state index is 0.147. The summed E-state index contributed by atoms with van der Waals surface area (Å²) < 4.78 is 10.3. The SMILES string of the molecule is COC[C@@H]1[C@H](C(=O)OC)CCN1c1cccc(-c2cccc(C)c2N=O)n1. The van der Waals surface area contributed by atoms with E-state index in [1.807, 2.05) is 43.3 Å². The molecule has 27 heavy (non-hydrogen) atoms. The summed E-state index contributed by atoms with van der Waals surface area (Å²) in [6.45, 7) is 2.92. The molecule has 0 unspecified atom stereocenters. The van der Waals surface area contributed by atoms with E-state index in [1.165, 1.54) is 7.11 Å². The summed E-state index contributed by atoms with van der Waals surface area (Å²) in [5.41, 5.74) is 2.56. The van der Waals surface area contributed by atoms with Gasteiger partial charge in [-0.1, -0.05) is 24.3 Å². The fraction of sp³-hybridized carbons (Fsp3) is 0.400. The van der Waals surface area contributed by atoms with E-state index in [1.54, 1.807) is 7.11 Å². The number of esters is 1. The summed E-state index contributed by atoms with van der Waals surface area (Å²) in [5.74, 6) is 0.243. The zero-order chi connectivity index (χ0) is 19.4. The normalized spacial score (nSPS) is 19.1. The molecule has 1 aliphatic heterocycles. The first-order valence-electron chi connectivity index (χ1n) is 8.84. The van der Waals surface area contributed by atoms with Crippen molar-refractivity contribution in [1.29, 1.82) is 0 Å². The summed E-state index contributed by atoms with van der Waals surface area (Å²) >= 11 is 0. The third-order valence-electron chi connectivity index (χ3n) is 5.02. The van der Waals surface area contributed by atoms with E-state index in [0.717, 1.165) is 11.4 Å². The van der Waals surface area contributed by atoms with Gasteiger partial charge in [-0.15, -0.1) is 4.91 Å². The number of carbonyl (C=O) groups is 1. The molecule has 2 aromatic rings. The molecule has 1 aromatic carbocycles. The molecule has 0 aliphatic carbocycles. The number of rotatable bonds is 6. The topological polar surface area (TPSA) is 81.1 Å². The van der Waals surface area contributed by atoms with Gasteiger partial charge < -0.3 is 14.4 Å². The van der Waals surface area contributed by atoms with Crippen molar-refractivity contribution >= 4 is 17.5 Å².